The van der Waals surface area contributed by atoms with Crippen molar-refractivity contribution >= 4 is 16.9 Å². The van der Waals surface area contributed by atoms with Crippen LogP contribution in [0.2, 0.25) is 0 Å². The Labute approximate surface area is 102 Å². The number of nitrogens with zero attached hydrogens (tertiary/aromatic N) is 1. The average molecular weight is 242 g/mol. The van der Waals surface area contributed by atoms with E-state index in [1.165, 1.54) is 6.20 Å². The van der Waals surface area contributed by atoms with Gasteiger partial charge in [-0.3, -0.25) is 0 Å². The normalized spacial score (nSPS) is 10.9. The molecule has 90 valence electrons. The maximum atomic E-state index is 10.7. The number of H-pyrrole nitrogens is 1. The maximum Gasteiger partial charge on any atom is 0.392 e. The molecule has 5 nitrogen and oxygen atoms in total. The lowest BCUT2D eigenvalue weighted by molar-refractivity contribution is 0.0654. The van der Waals surface area contributed by atoms with Crippen LogP contribution in [0.4, 0.5) is 0 Å². The monoisotopic (exact) mass is 242 g/mol. The second-order valence-corrected chi connectivity index (χ2v) is 4.11. The van der Waals surface area contributed by atoms with E-state index in [2.05, 4.69) is 9.97 Å². The van der Waals surface area contributed by atoms with E-state index in [1.807, 2.05) is 31.2 Å². The Morgan fingerprint density at radius 2 is 2.22 bits per heavy atom. The Kier molecular flexibility index (Phi) is 2.19. The lowest BCUT2D eigenvalue weighted by Gasteiger charge is -1.90. The number of aryl methyl sites for hydroxylation is 1. The van der Waals surface area contributed by atoms with Gasteiger partial charge in [-0.05, 0) is 25.1 Å². The molecule has 0 saturated heterocycles. The van der Waals surface area contributed by atoms with Crippen LogP contribution >= 0.6 is 0 Å². The molecule has 3 aromatic rings. The van der Waals surface area contributed by atoms with Gasteiger partial charge in [0.1, 0.15) is 0 Å². The highest BCUT2D eigenvalue weighted by atomic mass is 16.4. The fraction of sp³-hybridized carbons (Fsp3) is 0.0769. The van der Waals surface area contributed by atoms with Crippen molar-refractivity contribution in [3.05, 3.63) is 41.9 Å². The van der Waals surface area contributed by atoms with Gasteiger partial charge in [-0.25, -0.2) is 9.78 Å². The molecular formula is C13H10N2O3. The molecule has 0 aliphatic carbocycles. The molecular weight excluding hydrogens is 232 g/mol. The Hall–Kier alpha value is -2.56. The molecule has 3 rings (SSSR count). The van der Waals surface area contributed by atoms with Crippen LogP contribution in [-0.4, -0.2) is 21.0 Å². The van der Waals surface area contributed by atoms with Gasteiger partial charge in [-0.15, -0.1) is 0 Å². The molecule has 0 spiro atoms. The van der Waals surface area contributed by atoms with E-state index >= 15 is 0 Å². The fourth-order valence-corrected chi connectivity index (χ4v) is 1.88. The van der Waals surface area contributed by atoms with Crippen molar-refractivity contribution in [3.8, 4) is 11.5 Å². The van der Waals surface area contributed by atoms with E-state index in [4.69, 9.17) is 9.52 Å². The van der Waals surface area contributed by atoms with Crippen molar-refractivity contribution in [2.24, 2.45) is 0 Å². The van der Waals surface area contributed by atoms with Crippen LogP contribution in [0.1, 0.15) is 16.2 Å². The van der Waals surface area contributed by atoms with E-state index in [-0.39, 0.29) is 5.89 Å². The first-order valence-corrected chi connectivity index (χ1v) is 5.42. The topological polar surface area (TPSA) is 79.1 Å². The Morgan fingerprint density at radius 1 is 1.39 bits per heavy atom. The number of carboxylic acid groups (broad SMARTS) is 1. The van der Waals surface area contributed by atoms with Crippen LogP contribution in [0.25, 0.3) is 22.4 Å². The number of aromatic amines is 1. The molecule has 0 amide bonds. The van der Waals surface area contributed by atoms with Crippen molar-refractivity contribution in [3.63, 3.8) is 0 Å². The zero-order chi connectivity index (χ0) is 12.7. The van der Waals surface area contributed by atoms with Crippen molar-refractivity contribution in [1.29, 1.82) is 0 Å². The number of hydrogen-bond acceptors (Lipinski definition) is 3. The molecule has 0 bridgehead atoms. The number of aromatic nitrogens is 2. The molecule has 18 heavy (non-hydrogen) atoms. The molecule has 0 saturated carbocycles. The summed E-state index contributed by atoms with van der Waals surface area (Å²) in [4.78, 5) is 17.6. The molecule has 0 atom stereocenters. The minimum atomic E-state index is -1.17. The third-order valence-corrected chi connectivity index (χ3v) is 2.73. The Morgan fingerprint density at radius 3 is 2.94 bits per heavy atom. The molecule has 0 aliphatic rings. The summed E-state index contributed by atoms with van der Waals surface area (Å²) in [6.45, 7) is 2.02. The standard InChI is InChI=1S/C13H10N2O3/c1-7-2-3-9-8(4-7)5-10(15-9)11-6-14-12(18-11)13(16)17/h2-6,15H,1H3,(H,16,17). The summed E-state index contributed by atoms with van der Waals surface area (Å²) in [5.74, 6) is -1.06. The van der Waals surface area contributed by atoms with Crippen LogP contribution in [0.15, 0.2) is 34.9 Å². The summed E-state index contributed by atoms with van der Waals surface area (Å²) in [6.07, 6.45) is 1.40. The predicted molar refractivity (Wildman–Crippen MR) is 65.5 cm³/mol. The molecule has 5 heteroatoms. The first-order valence-electron chi connectivity index (χ1n) is 5.42. The lowest BCUT2D eigenvalue weighted by Crippen LogP contribution is -1.94. The quantitative estimate of drug-likeness (QED) is 0.724. The average Bonchev–Trinajstić information content (AvgIpc) is 2.93. The summed E-state index contributed by atoms with van der Waals surface area (Å²) in [5, 5.41) is 9.81. The number of carbonyl (C=O) groups is 1. The first kappa shape index (κ1) is 10.6. The Balaban J connectivity index is 2.10. The van der Waals surface area contributed by atoms with Crippen LogP contribution in [0, 0.1) is 6.92 Å². The van der Waals surface area contributed by atoms with Crippen LogP contribution in [0.5, 0.6) is 0 Å². The van der Waals surface area contributed by atoms with Gasteiger partial charge >= 0.3 is 11.9 Å². The summed E-state index contributed by atoms with van der Waals surface area (Å²) >= 11 is 0. The number of benzene rings is 1. The smallest absolute Gasteiger partial charge is 0.392 e. The summed E-state index contributed by atoms with van der Waals surface area (Å²) < 4.78 is 5.15. The molecule has 2 aromatic heterocycles. The number of fused-ring (bicyclic) bond motifs is 1. The predicted octanol–water partition coefficient (Wildman–Crippen LogP) is 2.83. The molecule has 0 unspecified atom stereocenters. The molecule has 2 heterocycles. The molecule has 0 fully saturated rings. The lowest BCUT2D eigenvalue weighted by atomic mass is 10.2. The van der Waals surface area contributed by atoms with Gasteiger partial charge in [-0.1, -0.05) is 11.6 Å². The second-order valence-electron chi connectivity index (χ2n) is 4.11. The highest BCUT2D eigenvalue weighted by molar-refractivity contribution is 5.86. The van der Waals surface area contributed by atoms with E-state index in [0.29, 0.717) is 5.76 Å². The second kappa shape index (κ2) is 3.73. The van der Waals surface area contributed by atoms with E-state index in [1.54, 1.807) is 0 Å². The van der Waals surface area contributed by atoms with Crippen LogP contribution in [-0.2, 0) is 0 Å². The summed E-state index contributed by atoms with van der Waals surface area (Å²) in [5.41, 5.74) is 2.86. The van der Waals surface area contributed by atoms with E-state index in [0.717, 1.165) is 22.2 Å². The first-order chi connectivity index (χ1) is 8.63. The third kappa shape index (κ3) is 1.66. The van der Waals surface area contributed by atoms with Gasteiger partial charge in [-0.2, -0.15) is 0 Å². The fourth-order valence-electron chi connectivity index (χ4n) is 1.88. The van der Waals surface area contributed by atoms with E-state index < -0.39 is 5.97 Å². The van der Waals surface area contributed by atoms with Crippen molar-refractivity contribution in [1.82, 2.24) is 9.97 Å². The van der Waals surface area contributed by atoms with Crippen LogP contribution in [0.3, 0.4) is 0 Å². The molecule has 1 aromatic carbocycles. The minimum absolute atomic E-state index is 0.306. The van der Waals surface area contributed by atoms with Gasteiger partial charge in [0.2, 0.25) is 0 Å². The van der Waals surface area contributed by atoms with Gasteiger partial charge in [0.25, 0.3) is 0 Å². The maximum absolute atomic E-state index is 10.7. The molecule has 0 radical (unpaired) electrons. The number of hydrogen-bond donors (Lipinski definition) is 2. The van der Waals surface area contributed by atoms with Crippen molar-refractivity contribution < 1.29 is 14.3 Å². The number of carboxylic acids is 1. The third-order valence-electron chi connectivity index (χ3n) is 2.73. The van der Waals surface area contributed by atoms with Gasteiger partial charge in [0.15, 0.2) is 5.76 Å². The van der Waals surface area contributed by atoms with Crippen LogP contribution < -0.4 is 0 Å². The van der Waals surface area contributed by atoms with Gasteiger partial charge in [0, 0.05) is 10.9 Å². The summed E-state index contributed by atoms with van der Waals surface area (Å²) in [6, 6.07) is 7.94. The number of oxazole rings is 1. The largest absolute Gasteiger partial charge is 0.474 e. The SMILES string of the molecule is Cc1ccc2[nH]c(-c3cnc(C(=O)O)o3)cc2c1. The molecule has 0 aliphatic heterocycles. The Bertz CT molecular complexity index is 740. The zero-order valence-corrected chi connectivity index (χ0v) is 9.60. The number of aromatic carboxylic acids is 1. The van der Waals surface area contributed by atoms with Crippen molar-refractivity contribution in [2.45, 2.75) is 6.92 Å². The summed E-state index contributed by atoms with van der Waals surface area (Å²) in [7, 11) is 0. The van der Waals surface area contributed by atoms with E-state index in [9.17, 15) is 4.79 Å². The van der Waals surface area contributed by atoms with Gasteiger partial charge in [0.05, 0.1) is 11.9 Å². The van der Waals surface area contributed by atoms with Gasteiger partial charge < -0.3 is 14.5 Å². The highest BCUT2D eigenvalue weighted by Crippen LogP contribution is 2.25. The number of nitrogens with one attached hydrogen (secondary N) is 1. The highest BCUT2D eigenvalue weighted by Gasteiger charge is 2.13. The minimum Gasteiger partial charge on any atom is -0.474 e. The molecule has 2 N–H and O–H groups in total. The van der Waals surface area contributed by atoms with Crippen molar-refractivity contribution in [2.75, 3.05) is 0 Å². The number of rotatable bonds is 2. The zero-order valence-electron chi connectivity index (χ0n) is 9.60.